The second-order valence-corrected chi connectivity index (χ2v) is 7.93. The first-order valence-electron chi connectivity index (χ1n) is 9.76. The second kappa shape index (κ2) is 9.17. The highest BCUT2D eigenvalue weighted by atomic mass is 35.5. The SMILES string of the molecule is CC(C)Oc1ccc(Nc2nc(=O)n(C(C)C)c(=O)n2Cc2cccc(Cl)c2)cc1. The highest BCUT2D eigenvalue weighted by molar-refractivity contribution is 6.30. The molecule has 0 aliphatic rings. The molecule has 30 heavy (non-hydrogen) atoms. The molecule has 0 saturated carbocycles. The van der Waals surface area contributed by atoms with Crippen LogP contribution < -0.4 is 21.4 Å². The molecule has 0 fully saturated rings. The van der Waals surface area contributed by atoms with Gasteiger partial charge in [-0.25, -0.2) is 14.2 Å². The van der Waals surface area contributed by atoms with Crippen LogP contribution in [-0.4, -0.2) is 20.2 Å². The number of hydrogen-bond donors (Lipinski definition) is 1. The monoisotopic (exact) mass is 428 g/mol. The van der Waals surface area contributed by atoms with Crippen molar-refractivity contribution < 1.29 is 4.74 Å². The Morgan fingerprint density at radius 2 is 1.77 bits per heavy atom. The first-order chi connectivity index (χ1) is 14.2. The first kappa shape index (κ1) is 21.6. The quantitative estimate of drug-likeness (QED) is 0.609. The molecule has 0 bridgehead atoms. The number of nitrogens with one attached hydrogen (secondary N) is 1. The molecule has 1 heterocycles. The lowest BCUT2D eigenvalue weighted by molar-refractivity contribution is 0.242. The standard InChI is InChI=1S/C22H25ClN4O3/c1-14(2)27-21(28)25-20(24-18-8-10-19(11-9-18)30-15(3)4)26(22(27)29)13-16-6-5-7-17(23)12-16/h5-12,14-15H,13H2,1-4H3,(H,24,25,28). The van der Waals surface area contributed by atoms with Gasteiger partial charge in [0, 0.05) is 16.8 Å². The topological polar surface area (TPSA) is 78.2 Å². The molecule has 0 saturated heterocycles. The lowest BCUT2D eigenvalue weighted by atomic mass is 10.2. The van der Waals surface area contributed by atoms with Crippen LogP contribution in [0.4, 0.5) is 11.6 Å². The molecule has 0 radical (unpaired) electrons. The van der Waals surface area contributed by atoms with Gasteiger partial charge in [0.05, 0.1) is 12.6 Å². The van der Waals surface area contributed by atoms with Crippen LogP contribution >= 0.6 is 11.6 Å². The third-order valence-electron chi connectivity index (χ3n) is 4.33. The number of anilines is 2. The van der Waals surface area contributed by atoms with E-state index in [1.165, 1.54) is 4.57 Å². The van der Waals surface area contributed by atoms with E-state index < -0.39 is 11.4 Å². The van der Waals surface area contributed by atoms with Crippen molar-refractivity contribution in [2.45, 2.75) is 46.4 Å². The molecule has 0 unspecified atom stereocenters. The molecule has 0 aliphatic carbocycles. The van der Waals surface area contributed by atoms with Crippen molar-refractivity contribution in [3.05, 3.63) is 80.1 Å². The Bertz CT molecular complexity index is 1130. The number of halogens is 1. The Balaban J connectivity index is 2.02. The Labute approximate surface area is 179 Å². The van der Waals surface area contributed by atoms with Crippen LogP contribution in [0.2, 0.25) is 5.02 Å². The average Bonchev–Trinajstić information content (AvgIpc) is 2.65. The molecule has 3 rings (SSSR count). The Morgan fingerprint density at radius 1 is 1.07 bits per heavy atom. The zero-order chi connectivity index (χ0) is 21.8. The average molecular weight is 429 g/mol. The van der Waals surface area contributed by atoms with Crippen molar-refractivity contribution in [1.82, 2.24) is 14.1 Å². The molecule has 1 N–H and O–H groups in total. The fraction of sp³-hybridized carbons (Fsp3) is 0.318. The van der Waals surface area contributed by atoms with Gasteiger partial charge < -0.3 is 10.1 Å². The molecule has 2 aromatic carbocycles. The highest BCUT2D eigenvalue weighted by Crippen LogP contribution is 2.20. The Hall–Kier alpha value is -3.06. The maximum absolute atomic E-state index is 13.1. The summed E-state index contributed by atoms with van der Waals surface area (Å²) in [4.78, 5) is 29.7. The molecule has 0 spiro atoms. The summed E-state index contributed by atoms with van der Waals surface area (Å²) in [5.41, 5.74) is 0.468. The maximum atomic E-state index is 13.1. The van der Waals surface area contributed by atoms with Crippen molar-refractivity contribution in [2.75, 3.05) is 5.32 Å². The van der Waals surface area contributed by atoms with Gasteiger partial charge in [-0.3, -0.25) is 4.57 Å². The molecule has 7 nitrogen and oxygen atoms in total. The summed E-state index contributed by atoms with van der Waals surface area (Å²) >= 11 is 6.09. The van der Waals surface area contributed by atoms with Gasteiger partial charge in [0.15, 0.2) is 0 Å². The second-order valence-electron chi connectivity index (χ2n) is 7.50. The van der Waals surface area contributed by atoms with Gasteiger partial charge in [-0.15, -0.1) is 0 Å². The zero-order valence-corrected chi connectivity index (χ0v) is 18.2. The maximum Gasteiger partial charge on any atom is 0.355 e. The fourth-order valence-electron chi connectivity index (χ4n) is 3.02. The van der Waals surface area contributed by atoms with E-state index >= 15 is 0 Å². The minimum atomic E-state index is -0.598. The molecule has 1 aromatic heterocycles. The summed E-state index contributed by atoms with van der Waals surface area (Å²) in [6, 6.07) is 14.2. The number of aromatic nitrogens is 3. The normalized spacial score (nSPS) is 11.2. The summed E-state index contributed by atoms with van der Waals surface area (Å²) in [6.07, 6.45) is 0.0666. The van der Waals surface area contributed by atoms with Crippen LogP contribution in [0.5, 0.6) is 5.75 Å². The Morgan fingerprint density at radius 3 is 2.37 bits per heavy atom. The van der Waals surface area contributed by atoms with E-state index in [-0.39, 0.29) is 24.6 Å². The number of benzene rings is 2. The largest absolute Gasteiger partial charge is 0.491 e. The molecular formula is C22H25ClN4O3. The van der Waals surface area contributed by atoms with Crippen molar-refractivity contribution in [3.63, 3.8) is 0 Å². The van der Waals surface area contributed by atoms with Crippen LogP contribution in [0.1, 0.15) is 39.3 Å². The summed E-state index contributed by atoms with van der Waals surface area (Å²) < 4.78 is 8.22. The van der Waals surface area contributed by atoms with E-state index in [0.717, 1.165) is 15.9 Å². The van der Waals surface area contributed by atoms with E-state index in [1.807, 2.05) is 50.2 Å². The Kier molecular flexibility index (Phi) is 6.62. The summed E-state index contributed by atoms with van der Waals surface area (Å²) in [6.45, 7) is 7.67. The summed E-state index contributed by atoms with van der Waals surface area (Å²) in [7, 11) is 0. The van der Waals surface area contributed by atoms with E-state index in [4.69, 9.17) is 16.3 Å². The number of nitrogens with zero attached hydrogens (tertiary/aromatic N) is 3. The lowest BCUT2D eigenvalue weighted by Crippen LogP contribution is -2.43. The number of rotatable bonds is 7. The van der Waals surface area contributed by atoms with Crippen molar-refractivity contribution in [3.8, 4) is 5.75 Å². The molecule has 0 aliphatic heterocycles. The summed E-state index contributed by atoms with van der Waals surface area (Å²) in [5, 5.41) is 3.66. The third kappa shape index (κ3) is 5.10. The minimum Gasteiger partial charge on any atom is -0.491 e. The lowest BCUT2D eigenvalue weighted by Gasteiger charge is -2.17. The van der Waals surface area contributed by atoms with Gasteiger partial charge in [0.1, 0.15) is 5.75 Å². The molecule has 8 heteroatoms. The van der Waals surface area contributed by atoms with Crippen LogP contribution in [0, 0.1) is 0 Å². The van der Waals surface area contributed by atoms with Crippen molar-refractivity contribution in [1.29, 1.82) is 0 Å². The van der Waals surface area contributed by atoms with Gasteiger partial charge in [-0.05, 0) is 69.7 Å². The highest BCUT2D eigenvalue weighted by Gasteiger charge is 2.16. The molecule has 0 amide bonds. The van der Waals surface area contributed by atoms with Gasteiger partial charge >= 0.3 is 11.4 Å². The predicted molar refractivity (Wildman–Crippen MR) is 119 cm³/mol. The number of hydrogen-bond acceptors (Lipinski definition) is 5. The van der Waals surface area contributed by atoms with Crippen molar-refractivity contribution in [2.24, 2.45) is 0 Å². The number of ether oxygens (including phenoxy) is 1. The van der Waals surface area contributed by atoms with E-state index in [0.29, 0.717) is 10.7 Å². The van der Waals surface area contributed by atoms with Crippen LogP contribution in [0.3, 0.4) is 0 Å². The molecule has 3 aromatic rings. The summed E-state index contributed by atoms with van der Waals surface area (Å²) in [5.74, 6) is 0.898. The van der Waals surface area contributed by atoms with Crippen LogP contribution in [0.15, 0.2) is 58.1 Å². The van der Waals surface area contributed by atoms with Crippen LogP contribution in [-0.2, 0) is 6.54 Å². The van der Waals surface area contributed by atoms with Crippen LogP contribution in [0.25, 0.3) is 0 Å². The van der Waals surface area contributed by atoms with Gasteiger partial charge in [-0.1, -0.05) is 23.7 Å². The predicted octanol–water partition coefficient (Wildman–Crippen LogP) is 4.22. The zero-order valence-electron chi connectivity index (χ0n) is 17.4. The molecular weight excluding hydrogens is 404 g/mol. The fourth-order valence-corrected chi connectivity index (χ4v) is 3.24. The van der Waals surface area contributed by atoms with Gasteiger partial charge in [0.2, 0.25) is 5.95 Å². The third-order valence-corrected chi connectivity index (χ3v) is 4.56. The minimum absolute atomic E-state index is 0.0666. The van der Waals surface area contributed by atoms with E-state index in [9.17, 15) is 9.59 Å². The molecule has 0 atom stereocenters. The molecule has 158 valence electrons. The van der Waals surface area contributed by atoms with Gasteiger partial charge in [0.25, 0.3) is 0 Å². The van der Waals surface area contributed by atoms with Gasteiger partial charge in [-0.2, -0.15) is 4.98 Å². The van der Waals surface area contributed by atoms with E-state index in [2.05, 4.69) is 10.3 Å². The first-order valence-corrected chi connectivity index (χ1v) is 10.1. The smallest absolute Gasteiger partial charge is 0.355 e. The van der Waals surface area contributed by atoms with E-state index in [1.54, 1.807) is 26.0 Å². The van der Waals surface area contributed by atoms with Crippen molar-refractivity contribution >= 4 is 23.2 Å².